The topological polar surface area (TPSA) is 76.2 Å². The number of benzene rings is 3. The van der Waals surface area contributed by atoms with Gasteiger partial charge in [0.25, 0.3) is 0 Å². The second-order valence-corrected chi connectivity index (χ2v) is 8.67. The predicted molar refractivity (Wildman–Crippen MR) is 136 cm³/mol. The normalized spacial score (nSPS) is 13.3. The zero-order chi connectivity index (χ0) is 23.8. The Morgan fingerprint density at radius 1 is 0.943 bits per heavy atom. The van der Waals surface area contributed by atoms with Gasteiger partial charge in [-0.1, -0.05) is 30.3 Å². The van der Waals surface area contributed by atoms with Crippen molar-refractivity contribution in [2.24, 2.45) is 0 Å². The molecule has 6 rings (SSSR count). The van der Waals surface area contributed by atoms with Crippen molar-refractivity contribution >= 4 is 16.9 Å². The molecule has 0 spiro atoms. The van der Waals surface area contributed by atoms with Gasteiger partial charge in [0.15, 0.2) is 11.6 Å². The lowest BCUT2D eigenvalue weighted by molar-refractivity contribution is 0.331. The van der Waals surface area contributed by atoms with Gasteiger partial charge in [-0.05, 0) is 61.4 Å². The van der Waals surface area contributed by atoms with Crippen LogP contribution >= 0.6 is 0 Å². The average Bonchev–Trinajstić information content (AvgIpc) is 3.11. The van der Waals surface area contributed by atoms with Crippen LogP contribution in [0.2, 0.25) is 0 Å². The Hall–Kier alpha value is -4.39. The third kappa shape index (κ3) is 4.17. The van der Waals surface area contributed by atoms with Crippen LogP contribution in [0.3, 0.4) is 0 Å². The van der Waals surface area contributed by atoms with Crippen LogP contribution in [0.15, 0.2) is 73.1 Å². The molecule has 5 aromatic rings. The Bertz CT molecular complexity index is 1510. The summed E-state index contributed by atoms with van der Waals surface area (Å²) in [5.74, 6) is 3.99. The number of hydrogen-bond acceptors (Lipinski definition) is 6. The molecule has 3 heterocycles. The average molecular weight is 464 g/mol. The van der Waals surface area contributed by atoms with Crippen molar-refractivity contribution in [1.29, 1.82) is 0 Å². The van der Waals surface area contributed by atoms with Gasteiger partial charge in [-0.2, -0.15) is 0 Å². The van der Waals surface area contributed by atoms with Crippen LogP contribution < -0.4 is 14.4 Å². The van der Waals surface area contributed by atoms with Crippen molar-refractivity contribution in [2.75, 3.05) is 18.1 Å². The summed E-state index contributed by atoms with van der Waals surface area (Å²) in [5, 5.41) is 0. The summed E-state index contributed by atoms with van der Waals surface area (Å²) in [4.78, 5) is 19.0. The monoisotopic (exact) mass is 463 g/mol. The molecule has 0 bridgehead atoms. The second kappa shape index (κ2) is 8.76. The van der Waals surface area contributed by atoms with Crippen LogP contribution in [0.25, 0.3) is 22.2 Å². The number of ether oxygens (including phenoxy) is 2. The van der Waals surface area contributed by atoms with E-state index in [1.807, 2.05) is 44.2 Å². The molecular formula is C28H25N5O2. The minimum absolute atomic E-state index is 0.555. The van der Waals surface area contributed by atoms with E-state index in [1.54, 1.807) is 6.33 Å². The Morgan fingerprint density at radius 2 is 1.77 bits per heavy atom. The molecule has 2 aromatic heterocycles. The standard InChI is InChI=1S/C28H25N5O2/c1-18-27(35-23-6-4-3-5-7-23)28(30-17-29-18)33-12-13-34-26-11-9-20(14-22(26)16-33)21-8-10-24-25(15-21)32-19(2)31-24/h3-11,14-15,17H,12-13,16H2,1-2H3,(H,31,32). The number of aromatic nitrogens is 4. The fourth-order valence-corrected chi connectivity index (χ4v) is 4.47. The maximum atomic E-state index is 6.24. The highest BCUT2D eigenvalue weighted by Crippen LogP contribution is 2.36. The molecule has 1 aliphatic heterocycles. The van der Waals surface area contributed by atoms with E-state index in [9.17, 15) is 0 Å². The first kappa shape index (κ1) is 21.2. The number of hydrogen-bond donors (Lipinski definition) is 1. The SMILES string of the molecule is Cc1nc2ccc(-c3ccc4c(c3)CN(c3ncnc(C)c3Oc3ccccc3)CCO4)cc2[nH]1. The third-order valence-corrected chi connectivity index (χ3v) is 6.20. The zero-order valence-electron chi connectivity index (χ0n) is 19.7. The van der Waals surface area contributed by atoms with Crippen molar-refractivity contribution in [1.82, 2.24) is 19.9 Å². The van der Waals surface area contributed by atoms with Crippen molar-refractivity contribution in [2.45, 2.75) is 20.4 Å². The quantitative estimate of drug-likeness (QED) is 0.362. The molecule has 0 unspecified atom stereocenters. The van der Waals surface area contributed by atoms with E-state index in [0.717, 1.165) is 56.6 Å². The summed E-state index contributed by atoms with van der Waals surface area (Å²) in [7, 11) is 0. The molecular weight excluding hydrogens is 438 g/mol. The van der Waals surface area contributed by atoms with Crippen LogP contribution in [0.1, 0.15) is 17.1 Å². The summed E-state index contributed by atoms with van der Waals surface area (Å²) in [6, 6.07) is 22.4. The van der Waals surface area contributed by atoms with Gasteiger partial charge in [0, 0.05) is 12.1 Å². The first-order valence-corrected chi connectivity index (χ1v) is 11.7. The molecule has 0 radical (unpaired) electrons. The molecule has 0 aliphatic carbocycles. The number of imidazole rings is 1. The predicted octanol–water partition coefficient (Wildman–Crippen LogP) is 5.83. The maximum absolute atomic E-state index is 6.24. The number of fused-ring (bicyclic) bond motifs is 2. The van der Waals surface area contributed by atoms with Crippen molar-refractivity contribution < 1.29 is 9.47 Å². The summed E-state index contributed by atoms with van der Waals surface area (Å²) < 4.78 is 12.4. The Kier molecular flexibility index (Phi) is 5.29. The maximum Gasteiger partial charge on any atom is 0.191 e. The van der Waals surface area contributed by atoms with Crippen LogP contribution in [-0.2, 0) is 6.54 Å². The highest BCUT2D eigenvalue weighted by atomic mass is 16.5. The number of aromatic amines is 1. The van der Waals surface area contributed by atoms with Crippen LogP contribution in [-0.4, -0.2) is 33.1 Å². The molecule has 0 fully saturated rings. The Balaban J connectivity index is 1.35. The molecule has 7 nitrogen and oxygen atoms in total. The summed E-state index contributed by atoms with van der Waals surface area (Å²) in [6.07, 6.45) is 1.59. The minimum Gasteiger partial charge on any atom is -0.491 e. The summed E-state index contributed by atoms with van der Waals surface area (Å²) in [6.45, 7) is 5.80. The highest BCUT2D eigenvalue weighted by Gasteiger charge is 2.22. The third-order valence-electron chi connectivity index (χ3n) is 6.20. The van der Waals surface area contributed by atoms with E-state index < -0.39 is 0 Å². The van der Waals surface area contributed by atoms with Gasteiger partial charge in [0.1, 0.15) is 30.3 Å². The van der Waals surface area contributed by atoms with Crippen LogP contribution in [0.4, 0.5) is 5.82 Å². The number of aryl methyl sites for hydroxylation is 2. The van der Waals surface area contributed by atoms with E-state index in [-0.39, 0.29) is 0 Å². The van der Waals surface area contributed by atoms with E-state index >= 15 is 0 Å². The molecule has 3 aromatic carbocycles. The molecule has 0 atom stereocenters. The molecule has 0 saturated heterocycles. The van der Waals surface area contributed by atoms with Gasteiger partial charge in [0.2, 0.25) is 0 Å². The Labute approximate surface area is 203 Å². The number of nitrogens with one attached hydrogen (secondary N) is 1. The van der Waals surface area contributed by atoms with E-state index in [2.05, 4.69) is 61.2 Å². The van der Waals surface area contributed by atoms with Gasteiger partial charge in [-0.15, -0.1) is 0 Å². The van der Waals surface area contributed by atoms with Crippen molar-refractivity contribution in [3.63, 3.8) is 0 Å². The minimum atomic E-state index is 0.555. The molecule has 1 aliphatic rings. The number of anilines is 1. The first-order valence-electron chi connectivity index (χ1n) is 11.7. The fraction of sp³-hybridized carbons (Fsp3) is 0.179. The summed E-state index contributed by atoms with van der Waals surface area (Å²) >= 11 is 0. The lowest BCUT2D eigenvalue weighted by atomic mass is 10.0. The van der Waals surface area contributed by atoms with Gasteiger partial charge >= 0.3 is 0 Å². The lowest BCUT2D eigenvalue weighted by Crippen LogP contribution is -2.27. The van der Waals surface area contributed by atoms with Crippen molar-refractivity contribution in [3.8, 4) is 28.4 Å². The fourth-order valence-electron chi connectivity index (χ4n) is 4.47. The van der Waals surface area contributed by atoms with E-state index in [4.69, 9.17) is 9.47 Å². The van der Waals surface area contributed by atoms with Crippen LogP contribution in [0, 0.1) is 13.8 Å². The van der Waals surface area contributed by atoms with Gasteiger partial charge in [0.05, 0.1) is 23.3 Å². The highest BCUT2D eigenvalue weighted by molar-refractivity contribution is 5.82. The van der Waals surface area contributed by atoms with Crippen molar-refractivity contribution in [3.05, 3.63) is 90.1 Å². The first-order chi connectivity index (χ1) is 17.1. The molecule has 0 amide bonds. The smallest absolute Gasteiger partial charge is 0.191 e. The second-order valence-electron chi connectivity index (χ2n) is 8.67. The van der Waals surface area contributed by atoms with Gasteiger partial charge in [-0.25, -0.2) is 15.0 Å². The number of rotatable bonds is 4. The van der Waals surface area contributed by atoms with E-state index in [1.165, 1.54) is 0 Å². The van der Waals surface area contributed by atoms with Crippen LogP contribution in [0.5, 0.6) is 17.2 Å². The van der Waals surface area contributed by atoms with Gasteiger partial charge < -0.3 is 19.4 Å². The number of para-hydroxylation sites is 1. The molecule has 1 N–H and O–H groups in total. The number of H-pyrrole nitrogens is 1. The Morgan fingerprint density at radius 3 is 2.66 bits per heavy atom. The van der Waals surface area contributed by atoms with E-state index in [0.29, 0.717) is 25.4 Å². The largest absolute Gasteiger partial charge is 0.491 e. The summed E-state index contributed by atoms with van der Waals surface area (Å²) in [5.41, 5.74) is 6.16. The molecule has 35 heavy (non-hydrogen) atoms. The molecule has 7 heteroatoms. The molecule has 0 saturated carbocycles. The lowest BCUT2D eigenvalue weighted by Gasteiger charge is -2.24. The number of nitrogens with zero attached hydrogens (tertiary/aromatic N) is 4. The zero-order valence-corrected chi connectivity index (χ0v) is 19.7. The van der Waals surface area contributed by atoms with Gasteiger partial charge in [-0.3, -0.25) is 0 Å². The molecule has 174 valence electrons.